The normalized spacial score (nSPS) is 11.3. The number of aromatic amines is 1. The minimum absolute atomic E-state index is 0.168. The number of thioether (sulfide) groups is 1. The number of quaternary nitrogens is 1. The van der Waals surface area contributed by atoms with E-state index in [2.05, 4.69) is 23.8 Å². The van der Waals surface area contributed by atoms with Crippen LogP contribution in [0.25, 0.3) is 0 Å². The molecule has 3 aromatic rings. The zero-order chi connectivity index (χ0) is 20.6. The lowest BCUT2D eigenvalue weighted by molar-refractivity contribution is -0.893. The van der Waals surface area contributed by atoms with E-state index in [0.717, 1.165) is 36.5 Å². The summed E-state index contributed by atoms with van der Waals surface area (Å²) < 4.78 is 0. The molecule has 29 heavy (non-hydrogen) atoms. The molecular formula is C23H27N3O2S. The van der Waals surface area contributed by atoms with Crippen molar-refractivity contribution in [2.24, 2.45) is 0 Å². The molecule has 0 bridgehead atoms. The van der Waals surface area contributed by atoms with Crippen LogP contribution in [0.1, 0.15) is 36.5 Å². The van der Waals surface area contributed by atoms with E-state index in [1.807, 2.05) is 60.7 Å². The molecule has 1 heterocycles. The Morgan fingerprint density at radius 2 is 1.55 bits per heavy atom. The van der Waals surface area contributed by atoms with Crippen molar-refractivity contribution < 1.29 is 10.0 Å². The summed E-state index contributed by atoms with van der Waals surface area (Å²) in [5.41, 5.74) is 1.60. The molecule has 3 rings (SSSR count). The highest BCUT2D eigenvalue weighted by Gasteiger charge is 2.21. The summed E-state index contributed by atoms with van der Waals surface area (Å²) in [6, 6.07) is 19.2. The van der Waals surface area contributed by atoms with Gasteiger partial charge in [0.1, 0.15) is 0 Å². The fraction of sp³-hybridized carbons (Fsp3) is 0.304. The van der Waals surface area contributed by atoms with Gasteiger partial charge in [-0.2, -0.15) is 0 Å². The fourth-order valence-corrected chi connectivity index (χ4v) is 4.37. The Labute approximate surface area is 175 Å². The first-order valence-corrected chi connectivity index (χ1v) is 11.0. The largest absolute Gasteiger partial charge is 0.858 e. The maximum atomic E-state index is 12.9. The molecule has 0 saturated heterocycles. The van der Waals surface area contributed by atoms with Gasteiger partial charge in [-0.3, -0.25) is 4.79 Å². The van der Waals surface area contributed by atoms with Crippen molar-refractivity contribution in [1.82, 2.24) is 9.97 Å². The number of hydrogen-bond donors (Lipinski definition) is 2. The molecular weight excluding hydrogens is 382 g/mol. The Balaban J connectivity index is 1.92. The standard InChI is InChI=1S/C23H27N3O2S/c1-3-26(4-2)15-16-29-23-24-21(27)20(22(28)25-23)19(17-11-7-5-8-12-17)18-13-9-6-10-14-18/h5-14,19H,3-4,15-16H2,1-2H3,(H2,24,25,27,28). The van der Waals surface area contributed by atoms with Crippen molar-refractivity contribution in [2.45, 2.75) is 24.9 Å². The quantitative estimate of drug-likeness (QED) is 0.419. The van der Waals surface area contributed by atoms with Gasteiger partial charge in [0.05, 0.1) is 25.4 Å². The molecule has 6 heteroatoms. The second kappa shape index (κ2) is 10.3. The number of H-pyrrole nitrogens is 1. The topological polar surface area (TPSA) is 73.2 Å². The molecule has 0 saturated carbocycles. The molecule has 0 unspecified atom stereocenters. The highest BCUT2D eigenvalue weighted by Crippen LogP contribution is 2.33. The molecule has 0 fully saturated rings. The van der Waals surface area contributed by atoms with Gasteiger partial charge in [-0.1, -0.05) is 72.4 Å². The zero-order valence-electron chi connectivity index (χ0n) is 16.9. The van der Waals surface area contributed by atoms with Crippen LogP contribution in [0.5, 0.6) is 5.88 Å². The van der Waals surface area contributed by atoms with E-state index in [0.29, 0.717) is 5.16 Å². The summed E-state index contributed by atoms with van der Waals surface area (Å²) in [5, 5.41) is 13.3. The smallest absolute Gasteiger partial charge is 0.255 e. The molecule has 5 nitrogen and oxygen atoms in total. The van der Waals surface area contributed by atoms with Crippen LogP contribution in [0.4, 0.5) is 0 Å². The number of nitrogens with zero attached hydrogens (tertiary/aromatic N) is 1. The average molecular weight is 410 g/mol. The minimum atomic E-state index is -0.454. The molecule has 0 atom stereocenters. The summed E-state index contributed by atoms with van der Waals surface area (Å²) in [6.07, 6.45) is 0. The Morgan fingerprint density at radius 1 is 1.00 bits per heavy atom. The van der Waals surface area contributed by atoms with E-state index in [1.54, 1.807) is 0 Å². The molecule has 2 N–H and O–H groups in total. The van der Waals surface area contributed by atoms with Gasteiger partial charge in [0, 0.05) is 11.5 Å². The molecule has 1 aromatic heterocycles. The molecule has 0 aliphatic heterocycles. The van der Waals surface area contributed by atoms with Gasteiger partial charge in [0.25, 0.3) is 5.56 Å². The van der Waals surface area contributed by atoms with Gasteiger partial charge >= 0.3 is 0 Å². The Morgan fingerprint density at radius 3 is 2.03 bits per heavy atom. The van der Waals surface area contributed by atoms with E-state index in [1.165, 1.54) is 16.7 Å². The van der Waals surface area contributed by atoms with Crippen molar-refractivity contribution in [3.63, 3.8) is 0 Å². The Kier molecular flexibility index (Phi) is 7.49. The van der Waals surface area contributed by atoms with Crippen molar-refractivity contribution >= 4 is 11.8 Å². The van der Waals surface area contributed by atoms with Gasteiger partial charge in [0.2, 0.25) is 0 Å². The van der Waals surface area contributed by atoms with Gasteiger partial charge in [-0.15, -0.1) is 0 Å². The van der Waals surface area contributed by atoms with Gasteiger partial charge in [0.15, 0.2) is 5.16 Å². The van der Waals surface area contributed by atoms with Crippen molar-refractivity contribution in [2.75, 3.05) is 25.4 Å². The average Bonchev–Trinajstić information content (AvgIpc) is 2.75. The van der Waals surface area contributed by atoms with Gasteiger partial charge in [-0.05, 0) is 30.9 Å². The van der Waals surface area contributed by atoms with E-state index in [4.69, 9.17) is 0 Å². The SMILES string of the molecule is CC[NH+](CC)CCSc1nc([O-])c(C(c2ccccc2)c2ccccc2)c(=O)[nH]1. The van der Waals surface area contributed by atoms with Crippen molar-refractivity contribution in [1.29, 1.82) is 0 Å². The van der Waals surface area contributed by atoms with Crippen LogP contribution < -0.4 is 15.6 Å². The summed E-state index contributed by atoms with van der Waals surface area (Å²) in [6.45, 7) is 7.39. The predicted octanol–water partition coefficient (Wildman–Crippen LogP) is 2.04. The number of nitrogens with one attached hydrogen (secondary N) is 2. The highest BCUT2D eigenvalue weighted by atomic mass is 32.2. The lowest BCUT2D eigenvalue weighted by Crippen LogP contribution is -3.11. The highest BCUT2D eigenvalue weighted by molar-refractivity contribution is 7.99. The predicted molar refractivity (Wildman–Crippen MR) is 116 cm³/mol. The first-order valence-electron chi connectivity index (χ1n) is 10.0. The van der Waals surface area contributed by atoms with Crippen LogP contribution in [0.15, 0.2) is 70.6 Å². The Hall–Kier alpha value is -2.57. The third-order valence-corrected chi connectivity index (χ3v) is 6.02. The monoisotopic (exact) mass is 409 g/mol. The molecule has 2 aromatic carbocycles. The lowest BCUT2D eigenvalue weighted by Gasteiger charge is -2.23. The van der Waals surface area contributed by atoms with Crippen LogP contribution in [-0.4, -0.2) is 35.4 Å². The minimum Gasteiger partial charge on any atom is -0.858 e. The number of aromatic nitrogens is 2. The summed E-state index contributed by atoms with van der Waals surface area (Å²) in [4.78, 5) is 21.5. The van der Waals surface area contributed by atoms with Crippen LogP contribution in [0.3, 0.4) is 0 Å². The molecule has 0 amide bonds. The van der Waals surface area contributed by atoms with Crippen LogP contribution in [0, 0.1) is 0 Å². The lowest BCUT2D eigenvalue weighted by atomic mass is 9.86. The summed E-state index contributed by atoms with van der Waals surface area (Å²) in [5.74, 6) is -0.0935. The van der Waals surface area contributed by atoms with Crippen LogP contribution in [-0.2, 0) is 0 Å². The van der Waals surface area contributed by atoms with Crippen LogP contribution >= 0.6 is 11.8 Å². The maximum absolute atomic E-state index is 12.9. The molecule has 0 aliphatic carbocycles. The summed E-state index contributed by atoms with van der Waals surface area (Å²) >= 11 is 1.43. The summed E-state index contributed by atoms with van der Waals surface area (Å²) in [7, 11) is 0. The third kappa shape index (κ3) is 5.28. The molecule has 0 aliphatic rings. The molecule has 152 valence electrons. The Bertz CT molecular complexity index is 917. The molecule has 0 spiro atoms. The first kappa shape index (κ1) is 21.1. The second-order valence-electron chi connectivity index (χ2n) is 6.90. The second-order valence-corrected chi connectivity index (χ2v) is 7.98. The number of hydrogen-bond acceptors (Lipinski definition) is 4. The van der Waals surface area contributed by atoms with Gasteiger partial charge in [-0.25, -0.2) is 4.98 Å². The van der Waals surface area contributed by atoms with Crippen LogP contribution in [0.2, 0.25) is 0 Å². The van der Waals surface area contributed by atoms with E-state index in [-0.39, 0.29) is 11.1 Å². The number of rotatable bonds is 9. The maximum Gasteiger partial charge on any atom is 0.255 e. The fourth-order valence-electron chi connectivity index (χ4n) is 3.48. The number of benzene rings is 2. The van der Waals surface area contributed by atoms with Crippen molar-refractivity contribution in [3.05, 3.63) is 87.7 Å². The van der Waals surface area contributed by atoms with Gasteiger partial charge < -0.3 is 15.0 Å². The van der Waals surface area contributed by atoms with E-state index >= 15 is 0 Å². The first-order chi connectivity index (χ1) is 14.1. The molecule has 0 radical (unpaired) electrons. The third-order valence-electron chi connectivity index (χ3n) is 5.15. The van der Waals surface area contributed by atoms with Crippen molar-refractivity contribution in [3.8, 4) is 5.88 Å². The van der Waals surface area contributed by atoms with E-state index < -0.39 is 11.8 Å². The van der Waals surface area contributed by atoms with E-state index in [9.17, 15) is 9.90 Å². The zero-order valence-corrected chi connectivity index (χ0v) is 17.7.